The van der Waals surface area contributed by atoms with Crippen molar-refractivity contribution in [2.45, 2.75) is 6.92 Å². The number of anilines is 1. The number of nitrogens with one attached hydrogen (secondary N) is 1. The minimum Gasteiger partial charge on any atom is -0.462 e. The van der Waals surface area contributed by atoms with Crippen molar-refractivity contribution >= 4 is 44.7 Å². The molecule has 1 aromatic heterocycles. The van der Waals surface area contributed by atoms with E-state index >= 15 is 0 Å². The number of non-ortho nitro benzene ring substituents is 1. The molecular formula is C24H18N2O5S. The van der Waals surface area contributed by atoms with Crippen LogP contribution in [0, 0.1) is 10.1 Å². The largest absolute Gasteiger partial charge is 0.462 e. The van der Waals surface area contributed by atoms with Crippen LogP contribution in [0.1, 0.15) is 27.6 Å². The van der Waals surface area contributed by atoms with E-state index in [-0.39, 0.29) is 23.4 Å². The summed E-state index contributed by atoms with van der Waals surface area (Å²) in [5, 5.41) is 17.9. The lowest BCUT2D eigenvalue weighted by molar-refractivity contribution is -0.384. The van der Waals surface area contributed by atoms with Crippen LogP contribution in [0.4, 0.5) is 10.7 Å². The predicted molar refractivity (Wildman–Crippen MR) is 124 cm³/mol. The molecule has 0 spiro atoms. The van der Waals surface area contributed by atoms with E-state index in [4.69, 9.17) is 4.74 Å². The summed E-state index contributed by atoms with van der Waals surface area (Å²) in [5.74, 6) is -1.01. The third-order valence-electron chi connectivity index (χ3n) is 4.90. The number of nitro groups is 1. The lowest BCUT2D eigenvalue weighted by Crippen LogP contribution is -2.14. The van der Waals surface area contributed by atoms with Gasteiger partial charge >= 0.3 is 5.97 Å². The summed E-state index contributed by atoms with van der Waals surface area (Å²) in [6.07, 6.45) is 0. The Kier molecular flexibility index (Phi) is 5.96. The van der Waals surface area contributed by atoms with Gasteiger partial charge in [0.05, 0.1) is 11.5 Å². The Bertz CT molecular complexity index is 1330. The standard InChI is InChI=1S/C24H18N2O5S/c1-2-31-24(28)21-20(18-8-7-15-5-3-4-6-17(15)13-18)14-32-23(21)25-22(27)16-9-11-19(12-10-16)26(29)30/h3-14H,2H2,1H3,(H,25,27). The van der Waals surface area contributed by atoms with Gasteiger partial charge in [-0.3, -0.25) is 14.9 Å². The number of thiophene rings is 1. The highest BCUT2D eigenvalue weighted by atomic mass is 32.1. The van der Waals surface area contributed by atoms with Crippen LogP contribution in [0.25, 0.3) is 21.9 Å². The number of rotatable bonds is 6. The molecule has 4 aromatic rings. The van der Waals surface area contributed by atoms with Gasteiger partial charge in [0.15, 0.2) is 0 Å². The van der Waals surface area contributed by atoms with Gasteiger partial charge in [0.25, 0.3) is 11.6 Å². The van der Waals surface area contributed by atoms with Gasteiger partial charge < -0.3 is 10.1 Å². The zero-order chi connectivity index (χ0) is 22.7. The molecule has 0 atom stereocenters. The molecule has 0 aliphatic rings. The first-order valence-electron chi connectivity index (χ1n) is 9.81. The van der Waals surface area contributed by atoms with Crippen LogP contribution < -0.4 is 5.32 Å². The number of amides is 1. The fourth-order valence-electron chi connectivity index (χ4n) is 3.33. The van der Waals surface area contributed by atoms with Crippen molar-refractivity contribution in [3.8, 4) is 11.1 Å². The second-order valence-electron chi connectivity index (χ2n) is 6.89. The van der Waals surface area contributed by atoms with Crippen LogP contribution in [0.3, 0.4) is 0 Å². The van der Waals surface area contributed by atoms with Gasteiger partial charge in [-0.15, -0.1) is 11.3 Å². The Morgan fingerprint density at radius 1 is 1.03 bits per heavy atom. The molecule has 0 aliphatic carbocycles. The van der Waals surface area contributed by atoms with E-state index in [1.165, 1.54) is 35.6 Å². The van der Waals surface area contributed by atoms with E-state index in [9.17, 15) is 19.7 Å². The molecular weight excluding hydrogens is 428 g/mol. The molecule has 32 heavy (non-hydrogen) atoms. The Hall–Kier alpha value is -4.04. The SMILES string of the molecule is CCOC(=O)c1c(-c2ccc3ccccc3c2)csc1NC(=O)c1ccc([N+](=O)[O-])cc1. The first kappa shape index (κ1) is 21.2. The Morgan fingerprint density at radius 3 is 2.44 bits per heavy atom. The third-order valence-corrected chi connectivity index (χ3v) is 5.79. The maximum atomic E-state index is 12.8. The summed E-state index contributed by atoms with van der Waals surface area (Å²) in [6, 6.07) is 19.1. The molecule has 7 nitrogen and oxygen atoms in total. The first-order valence-corrected chi connectivity index (χ1v) is 10.7. The Balaban J connectivity index is 1.70. The van der Waals surface area contributed by atoms with Crippen LogP contribution in [-0.4, -0.2) is 23.4 Å². The van der Waals surface area contributed by atoms with E-state index in [2.05, 4.69) is 5.32 Å². The lowest BCUT2D eigenvalue weighted by atomic mass is 10.00. The van der Waals surface area contributed by atoms with E-state index in [0.717, 1.165) is 16.3 Å². The average molecular weight is 446 g/mol. The molecule has 0 aliphatic heterocycles. The minimum atomic E-state index is -0.532. The molecule has 1 heterocycles. The van der Waals surface area contributed by atoms with Crippen molar-refractivity contribution in [2.75, 3.05) is 11.9 Å². The fourth-order valence-corrected chi connectivity index (χ4v) is 4.29. The summed E-state index contributed by atoms with van der Waals surface area (Å²) in [5.41, 5.74) is 1.91. The highest BCUT2D eigenvalue weighted by Crippen LogP contribution is 2.37. The van der Waals surface area contributed by atoms with Crippen molar-refractivity contribution in [1.82, 2.24) is 0 Å². The van der Waals surface area contributed by atoms with E-state index in [0.29, 0.717) is 10.6 Å². The van der Waals surface area contributed by atoms with Crippen molar-refractivity contribution in [3.05, 3.63) is 93.4 Å². The van der Waals surface area contributed by atoms with Crippen LogP contribution in [0.15, 0.2) is 72.1 Å². The number of esters is 1. The smallest absolute Gasteiger partial charge is 0.341 e. The third kappa shape index (κ3) is 4.21. The Morgan fingerprint density at radius 2 is 1.75 bits per heavy atom. The Labute approximate surface area is 187 Å². The van der Waals surface area contributed by atoms with Gasteiger partial charge in [0.2, 0.25) is 0 Å². The number of nitro benzene ring substituents is 1. The maximum absolute atomic E-state index is 12.8. The van der Waals surface area contributed by atoms with Crippen molar-refractivity contribution in [3.63, 3.8) is 0 Å². The monoisotopic (exact) mass is 446 g/mol. The molecule has 0 unspecified atom stereocenters. The van der Waals surface area contributed by atoms with Crippen molar-refractivity contribution in [1.29, 1.82) is 0 Å². The van der Waals surface area contributed by atoms with Gasteiger partial charge in [0, 0.05) is 28.6 Å². The molecule has 0 fully saturated rings. The molecule has 1 amide bonds. The highest BCUT2D eigenvalue weighted by molar-refractivity contribution is 7.15. The average Bonchev–Trinajstić information content (AvgIpc) is 3.22. The highest BCUT2D eigenvalue weighted by Gasteiger charge is 2.23. The van der Waals surface area contributed by atoms with E-state index in [1.54, 1.807) is 6.92 Å². The van der Waals surface area contributed by atoms with Crippen LogP contribution in [0.2, 0.25) is 0 Å². The number of hydrogen-bond acceptors (Lipinski definition) is 6. The van der Waals surface area contributed by atoms with Crippen LogP contribution >= 0.6 is 11.3 Å². The maximum Gasteiger partial charge on any atom is 0.341 e. The van der Waals surface area contributed by atoms with Crippen LogP contribution in [-0.2, 0) is 4.74 Å². The number of ether oxygens (including phenoxy) is 1. The number of benzene rings is 3. The number of nitrogens with zero attached hydrogens (tertiary/aromatic N) is 1. The summed E-state index contributed by atoms with van der Waals surface area (Å²) >= 11 is 1.22. The van der Waals surface area contributed by atoms with Gasteiger partial charge in [-0.05, 0) is 41.5 Å². The van der Waals surface area contributed by atoms with E-state index < -0.39 is 16.8 Å². The summed E-state index contributed by atoms with van der Waals surface area (Å²) in [6.45, 7) is 1.91. The molecule has 1 N–H and O–H groups in total. The lowest BCUT2D eigenvalue weighted by Gasteiger charge is -2.09. The topological polar surface area (TPSA) is 98.5 Å². The van der Waals surface area contributed by atoms with Gasteiger partial charge in [-0.25, -0.2) is 4.79 Å². The number of carbonyl (C=O) groups excluding carboxylic acids is 2. The van der Waals surface area contributed by atoms with Crippen LogP contribution in [0.5, 0.6) is 0 Å². The zero-order valence-electron chi connectivity index (χ0n) is 17.0. The second-order valence-corrected chi connectivity index (χ2v) is 7.77. The molecule has 0 saturated carbocycles. The van der Waals surface area contributed by atoms with Crippen molar-refractivity contribution < 1.29 is 19.2 Å². The molecule has 0 bridgehead atoms. The number of hydrogen-bond donors (Lipinski definition) is 1. The van der Waals surface area contributed by atoms with Gasteiger partial charge in [-0.2, -0.15) is 0 Å². The summed E-state index contributed by atoms with van der Waals surface area (Å²) < 4.78 is 5.25. The molecule has 4 rings (SSSR count). The predicted octanol–water partition coefficient (Wildman–Crippen LogP) is 5.91. The molecule has 8 heteroatoms. The molecule has 0 saturated heterocycles. The minimum absolute atomic E-state index is 0.108. The second kappa shape index (κ2) is 8.99. The first-order chi connectivity index (χ1) is 15.5. The summed E-state index contributed by atoms with van der Waals surface area (Å²) in [7, 11) is 0. The normalized spacial score (nSPS) is 10.7. The molecule has 0 radical (unpaired) electrons. The van der Waals surface area contributed by atoms with Crippen molar-refractivity contribution in [2.24, 2.45) is 0 Å². The fraction of sp³-hybridized carbons (Fsp3) is 0.0833. The molecule has 160 valence electrons. The van der Waals surface area contributed by atoms with Gasteiger partial charge in [-0.1, -0.05) is 36.4 Å². The quantitative estimate of drug-likeness (QED) is 0.226. The zero-order valence-corrected chi connectivity index (χ0v) is 17.8. The van der Waals surface area contributed by atoms with Gasteiger partial charge in [0.1, 0.15) is 10.6 Å². The van der Waals surface area contributed by atoms with E-state index in [1.807, 2.05) is 47.8 Å². The molecule has 3 aromatic carbocycles. The number of carbonyl (C=O) groups is 2. The summed E-state index contributed by atoms with van der Waals surface area (Å²) in [4.78, 5) is 35.8. The number of fused-ring (bicyclic) bond motifs is 1.